The number of hydrogen-bond acceptors (Lipinski definition) is 10. The Kier molecular flexibility index (Phi) is 13.8. The van der Waals surface area contributed by atoms with Crippen LogP contribution in [0.1, 0.15) is 5.56 Å². The van der Waals surface area contributed by atoms with Crippen molar-refractivity contribution in [3.8, 4) is 39.8 Å². The number of fused-ring (bicyclic) bond motifs is 3. The van der Waals surface area contributed by atoms with Gasteiger partial charge in [0.05, 0.1) is 49.5 Å². The molecule has 0 radical (unpaired) electrons. The Morgan fingerprint density at radius 3 is 1.16 bits per heavy atom. The van der Waals surface area contributed by atoms with Crippen LogP contribution in [0.3, 0.4) is 0 Å². The van der Waals surface area contributed by atoms with Crippen molar-refractivity contribution in [2.45, 2.75) is 19.6 Å². The van der Waals surface area contributed by atoms with Crippen molar-refractivity contribution >= 4 is 62.2 Å². The molecule has 0 fully saturated rings. The van der Waals surface area contributed by atoms with E-state index < -0.39 is 0 Å². The highest BCUT2D eigenvalue weighted by molar-refractivity contribution is 6.30. The number of esters is 3. The Labute approximate surface area is 371 Å². The van der Waals surface area contributed by atoms with Crippen molar-refractivity contribution in [1.82, 2.24) is 29.3 Å². The van der Waals surface area contributed by atoms with Gasteiger partial charge in [0.15, 0.2) is 0 Å². The van der Waals surface area contributed by atoms with Gasteiger partial charge in [0.25, 0.3) is 0 Å². The highest BCUT2D eigenvalue weighted by Gasteiger charge is 2.17. The number of benzene rings is 6. The number of methoxy groups -OCH3 is 3. The zero-order valence-corrected chi connectivity index (χ0v) is 35.6. The summed E-state index contributed by atoms with van der Waals surface area (Å²) < 4.78 is 32.1. The van der Waals surface area contributed by atoms with E-state index in [-0.39, 0.29) is 43.4 Å². The molecule has 0 saturated carbocycles. The van der Waals surface area contributed by atoms with Gasteiger partial charge in [-0.1, -0.05) is 90.5 Å². The molecule has 3 aromatic heterocycles. The van der Waals surface area contributed by atoms with Gasteiger partial charge in [0.1, 0.15) is 42.5 Å². The summed E-state index contributed by atoms with van der Waals surface area (Å²) >= 11 is 5.92. The number of hydrogen-bond donors (Lipinski definition) is 0. The van der Waals surface area contributed by atoms with Crippen molar-refractivity contribution < 1.29 is 33.0 Å². The topological polar surface area (TPSA) is 156 Å². The van der Waals surface area contributed by atoms with Gasteiger partial charge >= 0.3 is 17.9 Å². The second-order valence-electron chi connectivity index (χ2n) is 14.0. The first-order valence-corrected chi connectivity index (χ1v) is 20.1. The summed E-state index contributed by atoms with van der Waals surface area (Å²) in [4.78, 5) is 34.5. The van der Waals surface area contributed by atoms with Crippen LogP contribution in [0.15, 0.2) is 146 Å². The summed E-state index contributed by atoms with van der Waals surface area (Å²) in [7, 11) is 4.07. The third kappa shape index (κ3) is 9.97. The molecule has 0 atom stereocenters. The zero-order valence-electron chi connectivity index (χ0n) is 34.8. The number of nitriles is 1. The van der Waals surface area contributed by atoms with Crippen LogP contribution in [-0.2, 0) is 48.2 Å². The summed E-state index contributed by atoms with van der Waals surface area (Å²) in [6, 6.07) is 46.0. The average Bonchev–Trinajstić information content (AvgIpc) is 4.01. The molecule has 0 amide bonds. The molecule has 0 aliphatic rings. The van der Waals surface area contributed by atoms with Crippen molar-refractivity contribution in [3.05, 3.63) is 162 Å². The van der Waals surface area contributed by atoms with E-state index in [4.69, 9.17) is 26.3 Å². The minimum Gasteiger partial charge on any atom is -0.468 e. The molecule has 15 heteroatoms. The fourth-order valence-electron chi connectivity index (χ4n) is 6.86. The van der Waals surface area contributed by atoms with Crippen LogP contribution in [0.25, 0.3) is 66.5 Å². The lowest BCUT2D eigenvalue weighted by Gasteiger charge is -2.01. The molecule has 0 N–H and O–H groups in total. The van der Waals surface area contributed by atoms with E-state index in [1.54, 1.807) is 38.3 Å². The van der Waals surface area contributed by atoms with Crippen LogP contribution < -0.4 is 0 Å². The molecule has 0 unspecified atom stereocenters. The van der Waals surface area contributed by atoms with E-state index in [1.165, 1.54) is 33.5 Å². The third-order valence-corrected chi connectivity index (χ3v) is 10.3. The van der Waals surface area contributed by atoms with Gasteiger partial charge in [0.2, 0.25) is 0 Å². The summed E-state index contributed by atoms with van der Waals surface area (Å²) in [5.74, 6) is -1.34. The SMILES string of the molecule is COC(=O)Cn1nc(-c2ccc(C#N)cc2)c2ccccc21.COC(=O)Cn1nc(-c2ccc(Cl)cc2)c2ccccc21.COC(=O)Cn1nc(-c2ccc(F)cc2)c2ccccc21. The minimum atomic E-state index is -0.367. The second-order valence-corrected chi connectivity index (χ2v) is 14.4. The molecule has 0 bridgehead atoms. The predicted octanol–water partition coefficient (Wildman–Crippen LogP) is 9.29. The molecule has 13 nitrogen and oxygen atoms in total. The molecule has 0 aliphatic heterocycles. The number of nitrogens with zero attached hydrogens (tertiary/aromatic N) is 7. The molecule has 0 saturated heterocycles. The maximum atomic E-state index is 13.1. The molecule has 6 aromatic carbocycles. The average molecular weight is 876 g/mol. The van der Waals surface area contributed by atoms with Crippen LogP contribution in [0.5, 0.6) is 0 Å². The lowest BCUT2D eigenvalue weighted by molar-refractivity contribution is -0.142. The van der Waals surface area contributed by atoms with Crippen LogP contribution in [0, 0.1) is 17.1 Å². The quantitative estimate of drug-likeness (QED) is 0.101. The largest absolute Gasteiger partial charge is 0.468 e. The molecular formula is C49H39ClFN7O6. The Morgan fingerprint density at radius 1 is 0.516 bits per heavy atom. The predicted molar refractivity (Wildman–Crippen MR) is 241 cm³/mol. The number of carbonyl (C=O) groups is 3. The van der Waals surface area contributed by atoms with Gasteiger partial charge in [0, 0.05) is 37.9 Å². The van der Waals surface area contributed by atoms with Crippen molar-refractivity contribution in [2.24, 2.45) is 0 Å². The summed E-state index contributed by atoms with van der Waals surface area (Å²) in [5, 5.41) is 26.0. The molecule has 0 spiro atoms. The molecule has 9 aromatic rings. The Morgan fingerprint density at radius 2 is 0.828 bits per heavy atom. The number of aromatic nitrogens is 6. The van der Waals surface area contributed by atoms with Crippen LogP contribution in [0.4, 0.5) is 4.39 Å². The molecule has 320 valence electrons. The van der Waals surface area contributed by atoms with Gasteiger partial charge < -0.3 is 14.2 Å². The van der Waals surface area contributed by atoms with Crippen LogP contribution >= 0.6 is 11.6 Å². The van der Waals surface area contributed by atoms with E-state index in [0.717, 1.165) is 66.5 Å². The molecule has 64 heavy (non-hydrogen) atoms. The first-order valence-electron chi connectivity index (χ1n) is 19.7. The lowest BCUT2D eigenvalue weighted by atomic mass is 10.1. The highest BCUT2D eigenvalue weighted by Crippen LogP contribution is 2.31. The monoisotopic (exact) mass is 875 g/mol. The smallest absolute Gasteiger partial charge is 0.327 e. The number of halogens is 2. The van der Waals surface area contributed by atoms with E-state index in [2.05, 4.69) is 26.1 Å². The van der Waals surface area contributed by atoms with Gasteiger partial charge in [-0.25, -0.2) is 4.39 Å². The maximum absolute atomic E-state index is 13.1. The molecule has 9 rings (SSSR count). The number of para-hydroxylation sites is 3. The molecule has 0 aliphatic carbocycles. The standard InChI is InChI=1S/C17H13N3O2.C16H13ClN2O2.C16H13FN2O2/c1-22-16(21)11-20-15-5-3-2-4-14(15)17(19-20)13-8-6-12(10-18)7-9-13;2*1-21-15(20)10-19-14-5-3-2-4-13(14)16(18-19)11-6-8-12(17)9-7-11/h2-9H,11H2,1H3;2*2-9H,10H2,1H3. The number of carbonyl (C=O) groups excluding carboxylic acids is 3. The number of rotatable bonds is 9. The molecular weight excluding hydrogens is 837 g/mol. The summed E-state index contributed by atoms with van der Waals surface area (Å²) in [6.07, 6.45) is 0. The maximum Gasteiger partial charge on any atom is 0.327 e. The second kappa shape index (κ2) is 20.1. The Bertz CT molecular complexity index is 3000. The van der Waals surface area contributed by atoms with Crippen molar-refractivity contribution in [3.63, 3.8) is 0 Å². The lowest BCUT2D eigenvalue weighted by Crippen LogP contribution is -2.12. The summed E-state index contributed by atoms with van der Waals surface area (Å²) in [6.45, 7) is 0.191. The van der Waals surface area contributed by atoms with E-state index >= 15 is 0 Å². The van der Waals surface area contributed by atoms with Gasteiger partial charge in [-0.15, -0.1) is 0 Å². The third-order valence-electron chi connectivity index (χ3n) is 10.0. The van der Waals surface area contributed by atoms with Gasteiger partial charge in [-0.2, -0.15) is 20.6 Å². The number of ether oxygens (including phenoxy) is 3. The fraction of sp³-hybridized carbons (Fsp3) is 0.122. The van der Waals surface area contributed by atoms with Crippen LogP contribution in [0.2, 0.25) is 5.02 Å². The first kappa shape index (κ1) is 43.9. The fourth-order valence-corrected chi connectivity index (χ4v) is 6.99. The van der Waals surface area contributed by atoms with Gasteiger partial charge in [-0.05, 0) is 66.7 Å². The van der Waals surface area contributed by atoms with E-state index in [1.807, 2.05) is 109 Å². The highest BCUT2D eigenvalue weighted by atomic mass is 35.5. The minimum absolute atomic E-state index is 0.0399. The van der Waals surface area contributed by atoms with Gasteiger partial charge in [-0.3, -0.25) is 28.4 Å². The normalized spacial score (nSPS) is 10.6. The molecule has 3 heterocycles. The van der Waals surface area contributed by atoms with Crippen molar-refractivity contribution in [2.75, 3.05) is 21.3 Å². The van der Waals surface area contributed by atoms with E-state index in [0.29, 0.717) is 10.6 Å². The van der Waals surface area contributed by atoms with Crippen LogP contribution in [-0.4, -0.2) is 68.6 Å². The van der Waals surface area contributed by atoms with E-state index in [9.17, 15) is 18.8 Å². The van der Waals surface area contributed by atoms with Crippen molar-refractivity contribution in [1.29, 1.82) is 5.26 Å². The Hall–Kier alpha value is -8.15. The first-order chi connectivity index (χ1) is 31.1. The Balaban J connectivity index is 0.000000144. The zero-order chi connectivity index (χ0) is 45.2. The summed E-state index contributed by atoms with van der Waals surface area (Å²) in [5.41, 5.74) is 8.18.